The van der Waals surface area contributed by atoms with Crippen LogP contribution in [0.1, 0.15) is 19.8 Å². The van der Waals surface area contributed by atoms with E-state index in [1.54, 1.807) is 18.2 Å². The summed E-state index contributed by atoms with van der Waals surface area (Å²) in [7, 11) is 0. The van der Waals surface area contributed by atoms with Gasteiger partial charge in [0.15, 0.2) is 0 Å². The number of carbonyl (C=O) groups is 2. The van der Waals surface area contributed by atoms with Crippen molar-refractivity contribution in [1.82, 2.24) is 0 Å². The van der Waals surface area contributed by atoms with Crippen LogP contribution in [0.4, 0.5) is 11.4 Å². The van der Waals surface area contributed by atoms with Crippen LogP contribution >= 0.6 is 15.9 Å². The van der Waals surface area contributed by atoms with E-state index in [-0.39, 0.29) is 23.7 Å². The molecular weight excluding hydrogens is 308 g/mol. The normalized spacial score (nSPS) is 30.0. The second-order valence-electron chi connectivity index (χ2n) is 5.51. The third-order valence-electron chi connectivity index (χ3n) is 4.08. The molecule has 1 aliphatic heterocycles. The highest BCUT2D eigenvalue weighted by Gasteiger charge is 2.52. The van der Waals surface area contributed by atoms with Gasteiger partial charge in [0, 0.05) is 10.2 Å². The second-order valence-corrected chi connectivity index (χ2v) is 6.37. The Hall–Kier alpha value is -1.36. The van der Waals surface area contributed by atoms with Crippen molar-refractivity contribution in [3.8, 4) is 0 Å². The first-order valence-corrected chi connectivity index (χ1v) is 7.21. The summed E-state index contributed by atoms with van der Waals surface area (Å²) in [5, 5.41) is 0. The van der Waals surface area contributed by atoms with Gasteiger partial charge in [-0.05, 0) is 52.9 Å². The molecule has 2 unspecified atom stereocenters. The minimum Gasteiger partial charge on any atom is -0.399 e. The molecule has 1 heterocycles. The minimum atomic E-state index is -0.143. The highest BCUT2D eigenvalue weighted by atomic mass is 79.9. The fraction of sp³-hybridized carbons (Fsp3) is 0.429. The van der Waals surface area contributed by atoms with Crippen LogP contribution < -0.4 is 10.6 Å². The molecule has 2 aliphatic rings. The average Bonchev–Trinajstić information content (AvgIpc) is 2.84. The number of amides is 2. The zero-order valence-electron chi connectivity index (χ0n) is 10.6. The van der Waals surface area contributed by atoms with Crippen molar-refractivity contribution in [2.45, 2.75) is 19.8 Å². The summed E-state index contributed by atoms with van der Waals surface area (Å²) < 4.78 is 0.719. The number of nitrogen functional groups attached to an aromatic ring is 1. The van der Waals surface area contributed by atoms with Gasteiger partial charge in [0.05, 0.1) is 17.5 Å². The van der Waals surface area contributed by atoms with Gasteiger partial charge in [-0.1, -0.05) is 6.92 Å². The van der Waals surface area contributed by atoms with E-state index >= 15 is 0 Å². The first-order valence-electron chi connectivity index (χ1n) is 6.42. The van der Waals surface area contributed by atoms with Gasteiger partial charge in [-0.15, -0.1) is 0 Å². The summed E-state index contributed by atoms with van der Waals surface area (Å²) in [6.45, 7) is 2.10. The van der Waals surface area contributed by atoms with Crippen molar-refractivity contribution >= 4 is 39.1 Å². The molecule has 1 aliphatic carbocycles. The molecule has 2 atom stereocenters. The van der Waals surface area contributed by atoms with E-state index in [9.17, 15) is 9.59 Å². The molecule has 0 aromatic heterocycles. The molecule has 0 spiro atoms. The number of imide groups is 1. The number of rotatable bonds is 1. The summed E-state index contributed by atoms with van der Waals surface area (Å²) in [4.78, 5) is 26.2. The molecule has 2 N–H and O–H groups in total. The van der Waals surface area contributed by atoms with Crippen LogP contribution in [0, 0.1) is 17.8 Å². The Kier molecular flexibility index (Phi) is 2.89. The molecule has 1 aromatic rings. The summed E-state index contributed by atoms with van der Waals surface area (Å²) in [6.07, 6.45) is 1.62. The molecule has 2 fully saturated rings. The molecule has 2 amide bonds. The van der Waals surface area contributed by atoms with Gasteiger partial charge in [-0.3, -0.25) is 9.59 Å². The van der Waals surface area contributed by atoms with Crippen LogP contribution in [-0.4, -0.2) is 11.8 Å². The van der Waals surface area contributed by atoms with Gasteiger partial charge in [-0.25, -0.2) is 4.90 Å². The SMILES string of the molecule is CC1CC2C(=O)N(c3cc(N)ccc3Br)C(=O)C2C1. The van der Waals surface area contributed by atoms with E-state index < -0.39 is 0 Å². The summed E-state index contributed by atoms with van der Waals surface area (Å²) >= 11 is 3.39. The molecular formula is C14H15BrN2O2. The predicted molar refractivity (Wildman–Crippen MR) is 76.4 cm³/mol. The lowest BCUT2D eigenvalue weighted by Crippen LogP contribution is -2.32. The molecule has 100 valence electrons. The van der Waals surface area contributed by atoms with Crippen LogP contribution in [0.3, 0.4) is 0 Å². The summed E-state index contributed by atoms with van der Waals surface area (Å²) in [5.41, 5.74) is 6.87. The Bertz CT molecular complexity index is 549. The Morgan fingerprint density at radius 3 is 2.37 bits per heavy atom. The fourth-order valence-corrected chi connectivity index (χ4v) is 3.64. The number of benzene rings is 1. The highest BCUT2D eigenvalue weighted by molar-refractivity contribution is 9.10. The number of fused-ring (bicyclic) bond motifs is 1. The molecule has 4 nitrogen and oxygen atoms in total. The molecule has 3 rings (SSSR count). The van der Waals surface area contributed by atoms with E-state index in [1.165, 1.54) is 4.90 Å². The largest absolute Gasteiger partial charge is 0.399 e. The van der Waals surface area contributed by atoms with E-state index in [4.69, 9.17) is 5.73 Å². The van der Waals surface area contributed by atoms with Crippen LogP contribution in [0.2, 0.25) is 0 Å². The Morgan fingerprint density at radius 1 is 1.21 bits per heavy atom. The van der Waals surface area contributed by atoms with Crippen molar-refractivity contribution in [3.05, 3.63) is 22.7 Å². The predicted octanol–water partition coefficient (Wildman–Crippen LogP) is 2.57. The smallest absolute Gasteiger partial charge is 0.237 e. The third-order valence-corrected chi connectivity index (χ3v) is 4.76. The van der Waals surface area contributed by atoms with Gasteiger partial charge >= 0.3 is 0 Å². The maximum atomic E-state index is 12.5. The van der Waals surface area contributed by atoms with Crippen LogP contribution in [-0.2, 0) is 9.59 Å². The molecule has 0 bridgehead atoms. The summed E-state index contributed by atoms with van der Waals surface area (Å²) in [5.74, 6) is 0.0114. The number of anilines is 2. The number of hydrogen-bond donors (Lipinski definition) is 1. The van der Waals surface area contributed by atoms with Gasteiger partial charge < -0.3 is 5.73 Å². The molecule has 19 heavy (non-hydrogen) atoms. The van der Waals surface area contributed by atoms with E-state index in [2.05, 4.69) is 22.9 Å². The number of halogens is 1. The lowest BCUT2D eigenvalue weighted by atomic mass is 10.00. The number of carbonyl (C=O) groups excluding carboxylic acids is 2. The monoisotopic (exact) mass is 322 g/mol. The highest BCUT2D eigenvalue weighted by Crippen LogP contribution is 2.45. The first kappa shape index (κ1) is 12.7. The Labute approximate surface area is 120 Å². The van der Waals surface area contributed by atoms with Crippen LogP contribution in [0.5, 0.6) is 0 Å². The lowest BCUT2D eigenvalue weighted by molar-refractivity contribution is -0.123. The standard InChI is InChI=1S/C14H15BrN2O2/c1-7-4-9-10(5-7)14(19)17(13(9)18)12-6-8(16)2-3-11(12)15/h2-3,6-7,9-10H,4-5,16H2,1H3. The number of nitrogens with zero attached hydrogens (tertiary/aromatic N) is 1. The maximum absolute atomic E-state index is 12.5. The number of nitrogens with two attached hydrogens (primary N) is 1. The van der Waals surface area contributed by atoms with Crippen molar-refractivity contribution in [1.29, 1.82) is 0 Å². The van der Waals surface area contributed by atoms with E-state index in [0.29, 0.717) is 17.3 Å². The lowest BCUT2D eigenvalue weighted by Gasteiger charge is -2.18. The Balaban J connectivity index is 2.01. The van der Waals surface area contributed by atoms with Crippen LogP contribution in [0.15, 0.2) is 22.7 Å². The van der Waals surface area contributed by atoms with Gasteiger partial charge in [-0.2, -0.15) is 0 Å². The molecule has 1 saturated heterocycles. The Morgan fingerprint density at radius 2 is 1.79 bits per heavy atom. The molecule has 1 aromatic carbocycles. The zero-order chi connectivity index (χ0) is 13.7. The van der Waals surface area contributed by atoms with Crippen molar-refractivity contribution in [2.75, 3.05) is 10.6 Å². The van der Waals surface area contributed by atoms with E-state index in [0.717, 1.165) is 17.3 Å². The number of hydrogen-bond acceptors (Lipinski definition) is 3. The topological polar surface area (TPSA) is 63.4 Å². The third kappa shape index (κ3) is 1.87. The second kappa shape index (κ2) is 4.34. The molecule has 5 heteroatoms. The minimum absolute atomic E-state index is 0.0781. The zero-order valence-corrected chi connectivity index (χ0v) is 12.2. The van der Waals surface area contributed by atoms with Crippen molar-refractivity contribution in [3.63, 3.8) is 0 Å². The van der Waals surface area contributed by atoms with E-state index in [1.807, 2.05) is 0 Å². The molecule has 0 radical (unpaired) electrons. The fourth-order valence-electron chi connectivity index (χ4n) is 3.22. The summed E-state index contributed by atoms with van der Waals surface area (Å²) in [6, 6.07) is 5.17. The average molecular weight is 323 g/mol. The van der Waals surface area contributed by atoms with Crippen LogP contribution in [0.25, 0.3) is 0 Å². The quantitative estimate of drug-likeness (QED) is 0.638. The van der Waals surface area contributed by atoms with Crippen molar-refractivity contribution in [2.24, 2.45) is 17.8 Å². The van der Waals surface area contributed by atoms with Gasteiger partial charge in [0.2, 0.25) is 11.8 Å². The molecule has 1 saturated carbocycles. The van der Waals surface area contributed by atoms with Gasteiger partial charge in [0.1, 0.15) is 0 Å². The van der Waals surface area contributed by atoms with Gasteiger partial charge in [0.25, 0.3) is 0 Å². The first-order chi connectivity index (χ1) is 8.99. The maximum Gasteiger partial charge on any atom is 0.237 e. The van der Waals surface area contributed by atoms with Crippen molar-refractivity contribution < 1.29 is 9.59 Å².